The smallest absolute Gasteiger partial charge is 0.231 e. The molecule has 0 unspecified atom stereocenters. The minimum atomic E-state index is 0.250. The minimum absolute atomic E-state index is 0.250. The van der Waals surface area contributed by atoms with E-state index in [1.54, 1.807) is 10.9 Å². The lowest BCUT2D eigenvalue weighted by molar-refractivity contribution is 0.172. The normalized spacial score (nSPS) is 13.2. The van der Waals surface area contributed by atoms with E-state index >= 15 is 0 Å². The van der Waals surface area contributed by atoms with Crippen LogP contribution in [-0.4, -0.2) is 16.6 Å². The molecule has 1 aromatic carbocycles. The Hall–Kier alpha value is -1.69. The highest BCUT2D eigenvalue weighted by Gasteiger charge is 2.27. The summed E-state index contributed by atoms with van der Waals surface area (Å²) < 4.78 is 13.7. The Morgan fingerprint density at radius 1 is 1.30 bits per heavy atom. The zero-order chi connectivity index (χ0) is 14.4. The van der Waals surface area contributed by atoms with Crippen molar-refractivity contribution in [3.05, 3.63) is 22.3 Å². The molecule has 0 spiro atoms. The molecule has 0 aliphatic carbocycles. The first-order valence-corrected chi connectivity index (χ1v) is 7.19. The molecule has 0 radical (unpaired) electrons. The van der Waals surface area contributed by atoms with Gasteiger partial charge in [-0.1, -0.05) is 13.8 Å². The Morgan fingerprint density at radius 3 is 2.60 bits per heavy atom. The van der Waals surface area contributed by atoms with E-state index in [1.165, 1.54) is 0 Å². The number of fused-ring (bicyclic) bond motifs is 1. The van der Waals surface area contributed by atoms with Crippen molar-refractivity contribution in [3.63, 3.8) is 0 Å². The van der Waals surface area contributed by atoms with Crippen molar-refractivity contribution in [3.8, 4) is 22.6 Å². The molecule has 0 saturated carbocycles. The van der Waals surface area contributed by atoms with E-state index in [0.717, 1.165) is 32.7 Å². The monoisotopic (exact) mass is 337 g/mol. The lowest BCUT2D eigenvalue weighted by Gasteiger charge is -2.16. The van der Waals surface area contributed by atoms with Crippen molar-refractivity contribution in [2.24, 2.45) is 7.05 Å². The summed E-state index contributed by atoms with van der Waals surface area (Å²) in [4.78, 5) is 0. The van der Waals surface area contributed by atoms with Crippen LogP contribution in [0.3, 0.4) is 0 Å². The summed E-state index contributed by atoms with van der Waals surface area (Å²) in [6, 6.07) is 2.02. The first kappa shape index (κ1) is 13.3. The van der Waals surface area contributed by atoms with Gasteiger partial charge in [0.05, 0.1) is 10.7 Å². The third-order valence-corrected chi connectivity index (χ3v) is 4.08. The Morgan fingerprint density at radius 2 is 2.00 bits per heavy atom. The minimum Gasteiger partial charge on any atom is -0.453 e. The van der Waals surface area contributed by atoms with Crippen LogP contribution >= 0.6 is 15.9 Å². The average molecular weight is 338 g/mol. The van der Waals surface area contributed by atoms with Crippen molar-refractivity contribution in [1.29, 1.82) is 0 Å². The van der Waals surface area contributed by atoms with Gasteiger partial charge >= 0.3 is 0 Å². The topological polar surface area (TPSA) is 62.3 Å². The summed E-state index contributed by atoms with van der Waals surface area (Å²) >= 11 is 3.54. The van der Waals surface area contributed by atoms with Crippen LogP contribution in [0.1, 0.15) is 25.3 Å². The number of hydrogen-bond donors (Lipinski definition) is 1. The van der Waals surface area contributed by atoms with Gasteiger partial charge in [-0.05, 0) is 33.5 Å². The van der Waals surface area contributed by atoms with Crippen molar-refractivity contribution in [2.75, 3.05) is 12.5 Å². The van der Waals surface area contributed by atoms with Crippen LogP contribution in [0.15, 0.2) is 16.7 Å². The zero-order valence-electron chi connectivity index (χ0n) is 11.6. The summed E-state index contributed by atoms with van der Waals surface area (Å²) in [6.07, 6.45) is 1.78. The Labute approximate surface area is 125 Å². The fourth-order valence-electron chi connectivity index (χ4n) is 2.50. The Bertz CT molecular complexity index is 680. The number of nitrogens with two attached hydrogens (primary N) is 1. The van der Waals surface area contributed by atoms with E-state index in [9.17, 15) is 0 Å². The SMILES string of the molecule is CC(C)c1c(-c2cnn(C)c2N)cc(Br)c2c1OCO2. The van der Waals surface area contributed by atoms with Gasteiger partial charge in [0, 0.05) is 18.2 Å². The van der Waals surface area contributed by atoms with Gasteiger partial charge in [0.25, 0.3) is 0 Å². The van der Waals surface area contributed by atoms with E-state index in [4.69, 9.17) is 15.2 Å². The fraction of sp³-hybridized carbons (Fsp3) is 0.357. The van der Waals surface area contributed by atoms with Gasteiger partial charge in [0.15, 0.2) is 11.5 Å². The number of anilines is 1. The van der Waals surface area contributed by atoms with Gasteiger partial charge in [0.2, 0.25) is 6.79 Å². The molecular formula is C14H16BrN3O2. The molecule has 0 fully saturated rings. The molecule has 1 aromatic heterocycles. The van der Waals surface area contributed by atoms with Crippen LogP contribution in [0.2, 0.25) is 0 Å². The van der Waals surface area contributed by atoms with Crippen LogP contribution in [-0.2, 0) is 7.05 Å². The zero-order valence-corrected chi connectivity index (χ0v) is 13.2. The van der Waals surface area contributed by atoms with Crippen molar-refractivity contribution >= 4 is 21.7 Å². The van der Waals surface area contributed by atoms with Gasteiger partial charge in [-0.15, -0.1) is 0 Å². The summed E-state index contributed by atoms with van der Waals surface area (Å²) in [5, 5.41) is 4.22. The molecule has 2 heterocycles. The van der Waals surface area contributed by atoms with E-state index in [2.05, 4.69) is 34.9 Å². The fourth-order valence-corrected chi connectivity index (χ4v) is 3.02. The van der Waals surface area contributed by atoms with Crippen LogP contribution in [0.5, 0.6) is 11.5 Å². The van der Waals surface area contributed by atoms with Gasteiger partial charge in [-0.2, -0.15) is 5.10 Å². The molecule has 3 rings (SSSR count). The molecule has 1 aliphatic heterocycles. The van der Waals surface area contributed by atoms with Crippen LogP contribution in [0, 0.1) is 0 Å². The van der Waals surface area contributed by atoms with E-state index in [1.807, 2.05) is 13.1 Å². The summed E-state index contributed by atoms with van der Waals surface area (Å²) in [5.41, 5.74) is 9.15. The highest BCUT2D eigenvalue weighted by atomic mass is 79.9. The highest BCUT2D eigenvalue weighted by molar-refractivity contribution is 9.10. The van der Waals surface area contributed by atoms with Crippen LogP contribution in [0.25, 0.3) is 11.1 Å². The Balaban J connectivity index is 2.31. The molecule has 2 N–H and O–H groups in total. The van der Waals surface area contributed by atoms with Gasteiger partial charge in [-0.3, -0.25) is 4.68 Å². The number of ether oxygens (including phenoxy) is 2. The lowest BCUT2D eigenvalue weighted by Crippen LogP contribution is -2.01. The largest absolute Gasteiger partial charge is 0.453 e. The maximum atomic E-state index is 6.11. The third-order valence-electron chi connectivity index (χ3n) is 3.49. The second-order valence-electron chi connectivity index (χ2n) is 5.11. The molecule has 1 aliphatic rings. The van der Waals surface area contributed by atoms with Crippen molar-refractivity contribution < 1.29 is 9.47 Å². The first-order chi connectivity index (χ1) is 9.50. The lowest BCUT2D eigenvalue weighted by atomic mass is 9.92. The van der Waals surface area contributed by atoms with E-state index in [0.29, 0.717) is 5.82 Å². The molecule has 106 valence electrons. The molecule has 2 aromatic rings. The maximum Gasteiger partial charge on any atom is 0.231 e. The second-order valence-corrected chi connectivity index (χ2v) is 5.96. The Kier molecular flexibility index (Phi) is 3.12. The molecule has 0 atom stereocenters. The number of nitrogens with zero attached hydrogens (tertiary/aromatic N) is 2. The van der Waals surface area contributed by atoms with E-state index < -0.39 is 0 Å². The number of aromatic nitrogens is 2. The molecule has 0 amide bonds. The summed E-state index contributed by atoms with van der Waals surface area (Å²) in [6.45, 7) is 4.50. The number of hydrogen-bond acceptors (Lipinski definition) is 4. The van der Waals surface area contributed by atoms with E-state index in [-0.39, 0.29) is 12.7 Å². The number of nitrogen functional groups attached to an aromatic ring is 1. The predicted molar refractivity (Wildman–Crippen MR) is 81.0 cm³/mol. The van der Waals surface area contributed by atoms with Gasteiger partial charge < -0.3 is 15.2 Å². The quantitative estimate of drug-likeness (QED) is 0.913. The molecule has 6 heteroatoms. The number of rotatable bonds is 2. The average Bonchev–Trinajstić information content (AvgIpc) is 2.98. The number of aryl methyl sites for hydroxylation is 1. The van der Waals surface area contributed by atoms with Crippen molar-refractivity contribution in [2.45, 2.75) is 19.8 Å². The number of halogens is 1. The molecule has 0 bridgehead atoms. The molecule has 20 heavy (non-hydrogen) atoms. The standard InChI is InChI=1S/C14H16BrN3O2/c1-7(2)11-8(9-5-17-18(3)14(9)16)4-10(15)12-13(11)20-6-19-12/h4-5,7H,6,16H2,1-3H3. The molecule has 0 saturated heterocycles. The van der Waals surface area contributed by atoms with Crippen LogP contribution in [0.4, 0.5) is 5.82 Å². The highest BCUT2D eigenvalue weighted by Crippen LogP contribution is 2.49. The summed E-state index contributed by atoms with van der Waals surface area (Å²) in [7, 11) is 1.83. The molecule has 5 nitrogen and oxygen atoms in total. The summed E-state index contributed by atoms with van der Waals surface area (Å²) in [5.74, 6) is 2.48. The number of benzene rings is 1. The predicted octanol–water partition coefficient (Wildman–Crippen LogP) is 3.28. The maximum absolute atomic E-state index is 6.11. The van der Waals surface area contributed by atoms with Gasteiger partial charge in [-0.25, -0.2) is 0 Å². The second kappa shape index (κ2) is 4.70. The van der Waals surface area contributed by atoms with Gasteiger partial charge in [0.1, 0.15) is 5.82 Å². The third kappa shape index (κ3) is 1.86. The van der Waals surface area contributed by atoms with Crippen LogP contribution < -0.4 is 15.2 Å². The molecular weight excluding hydrogens is 322 g/mol. The first-order valence-electron chi connectivity index (χ1n) is 6.40. The van der Waals surface area contributed by atoms with Crippen molar-refractivity contribution in [1.82, 2.24) is 9.78 Å².